The van der Waals surface area contributed by atoms with Crippen molar-refractivity contribution in [1.82, 2.24) is 9.80 Å². The van der Waals surface area contributed by atoms with Gasteiger partial charge in [-0.05, 0) is 73.5 Å². The number of aryl methyl sites for hydroxylation is 1. The average Bonchev–Trinajstić information content (AvgIpc) is 3.46. The minimum absolute atomic E-state index is 0.222. The number of carbonyl (C=O) groups excluding carboxylic acids is 1. The summed E-state index contributed by atoms with van der Waals surface area (Å²) in [5.74, 6) is 2.83. The Kier molecular flexibility index (Phi) is 3.75. The Morgan fingerprint density at radius 1 is 1.11 bits per heavy atom. The largest absolute Gasteiger partial charge is 0.454 e. The molecule has 0 spiro atoms. The van der Waals surface area contributed by atoms with Crippen molar-refractivity contribution in [3.63, 3.8) is 0 Å². The molecule has 6 heteroatoms. The molecule has 0 N–H and O–H groups in total. The van der Waals surface area contributed by atoms with Crippen LogP contribution in [0, 0.1) is 12.8 Å². The third-order valence-electron chi connectivity index (χ3n) is 7.14. The molecule has 0 saturated carbocycles. The number of thiophene rings is 1. The van der Waals surface area contributed by atoms with E-state index >= 15 is 0 Å². The molecule has 2 aromatic rings. The highest BCUT2D eigenvalue weighted by molar-refractivity contribution is 7.12. The van der Waals surface area contributed by atoms with Crippen LogP contribution in [0.1, 0.15) is 39.6 Å². The zero-order chi connectivity index (χ0) is 18.8. The Morgan fingerprint density at radius 2 is 1.93 bits per heavy atom. The van der Waals surface area contributed by atoms with Crippen molar-refractivity contribution in [2.24, 2.45) is 5.92 Å². The van der Waals surface area contributed by atoms with Gasteiger partial charge < -0.3 is 14.4 Å². The molecule has 5 aliphatic heterocycles. The van der Waals surface area contributed by atoms with Gasteiger partial charge in [0.25, 0.3) is 5.91 Å². The van der Waals surface area contributed by atoms with Crippen LogP contribution in [0.3, 0.4) is 0 Å². The third kappa shape index (κ3) is 2.37. The number of hydrogen-bond acceptors (Lipinski definition) is 5. The van der Waals surface area contributed by atoms with Gasteiger partial charge >= 0.3 is 0 Å². The summed E-state index contributed by atoms with van der Waals surface area (Å²) in [7, 11) is 0. The summed E-state index contributed by atoms with van der Waals surface area (Å²) in [6.07, 6.45) is 2.42. The molecule has 28 heavy (non-hydrogen) atoms. The molecule has 5 nitrogen and oxygen atoms in total. The highest BCUT2D eigenvalue weighted by atomic mass is 32.1. The molecule has 5 aliphatic rings. The third-order valence-corrected chi connectivity index (χ3v) is 8.14. The van der Waals surface area contributed by atoms with Gasteiger partial charge in [0.2, 0.25) is 6.79 Å². The van der Waals surface area contributed by atoms with Gasteiger partial charge in [-0.1, -0.05) is 6.07 Å². The molecule has 6 heterocycles. The summed E-state index contributed by atoms with van der Waals surface area (Å²) in [5, 5.41) is 2.03. The fourth-order valence-electron chi connectivity index (χ4n) is 5.81. The van der Waals surface area contributed by atoms with E-state index in [0.29, 0.717) is 30.7 Å². The highest BCUT2D eigenvalue weighted by Gasteiger charge is 2.55. The van der Waals surface area contributed by atoms with E-state index in [-0.39, 0.29) is 5.91 Å². The first kappa shape index (κ1) is 16.9. The summed E-state index contributed by atoms with van der Waals surface area (Å²) in [4.78, 5) is 19.2. The van der Waals surface area contributed by atoms with Crippen molar-refractivity contribution in [2.45, 2.75) is 37.8 Å². The zero-order valence-electron chi connectivity index (χ0n) is 16.0. The number of ether oxygens (including phenoxy) is 2. The molecule has 0 aliphatic carbocycles. The number of likely N-dealkylation sites (tertiary alicyclic amines) is 1. The van der Waals surface area contributed by atoms with Crippen molar-refractivity contribution < 1.29 is 14.3 Å². The number of carbonyl (C=O) groups is 1. The van der Waals surface area contributed by atoms with Crippen LogP contribution < -0.4 is 9.47 Å². The topological polar surface area (TPSA) is 42.0 Å². The van der Waals surface area contributed by atoms with Gasteiger partial charge in [-0.25, -0.2) is 0 Å². The van der Waals surface area contributed by atoms with Crippen LogP contribution >= 0.6 is 11.3 Å². The van der Waals surface area contributed by atoms with Crippen molar-refractivity contribution in [2.75, 3.05) is 26.4 Å². The lowest BCUT2D eigenvalue weighted by molar-refractivity contribution is -0.00328. The van der Waals surface area contributed by atoms with Gasteiger partial charge in [-0.3, -0.25) is 9.69 Å². The molecule has 4 fully saturated rings. The van der Waals surface area contributed by atoms with E-state index in [2.05, 4.69) is 28.0 Å². The van der Waals surface area contributed by atoms with Gasteiger partial charge in [0.05, 0.1) is 10.9 Å². The summed E-state index contributed by atoms with van der Waals surface area (Å²) in [5.41, 5.74) is 2.37. The fourth-order valence-corrected chi connectivity index (χ4v) is 6.69. The van der Waals surface area contributed by atoms with Gasteiger partial charge in [-0.2, -0.15) is 0 Å². The van der Waals surface area contributed by atoms with Gasteiger partial charge in [0.15, 0.2) is 11.5 Å². The van der Waals surface area contributed by atoms with E-state index in [1.807, 2.05) is 18.4 Å². The molecule has 2 bridgehead atoms. The SMILES string of the molecule is Cc1ccsc1C(=O)N1C[C@H](c2ccc3c(c2)OCO3)[C@H]2[C@@H]1C1CCN2CC1. The number of amides is 1. The molecular weight excluding hydrogens is 372 g/mol. The first-order valence-electron chi connectivity index (χ1n) is 10.2. The van der Waals surface area contributed by atoms with E-state index in [0.717, 1.165) is 41.6 Å². The van der Waals surface area contributed by atoms with Gasteiger partial charge in [-0.15, -0.1) is 11.3 Å². The van der Waals surface area contributed by atoms with E-state index in [4.69, 9.17) is 9.47 Å². The Bertz CT molecular complexity index is 934. The van der Waals surface area contributed by atoms with Crippen molar-refractivity contribution in [3.05, 3.63) is 45.6 Å². The maximum atomic E-state index is 13.5. The molecular formula is C22H24N2O3S. The minimum atomic E-state index is 0.222. The first-order valence-corrected chi connectivity index (χ1v) is 11.1. The maximum Gasteiger partial charge on any atom is 0.264 e. The summed E-state index contributed by atoms with van der Waals surface area (Å²) in [6, 6.07) is 9.12. The van der Waals surface area contributed by atoms with Crippen LogP contribution in [0.2, 0.25) is 0 Å². The molecule has 4 saturated heterocycles. The highest BCUT2D eigenvalue weighted by Crippen LogP contribution is 2.48. The molecule has 1 aromatic carbocycles. The molecule has 1 amide bonds. The Morgan fingerprint density at radius 3 is 2.71 bits per heavy atom. The predicted octanol–water partition coefficient (Wildman–Crippen LogP) is 3.49. The molecule has 3 atom stereocenters. The van der Waals surface area contributed by atoms with Crippen molar-refractivity contribution >= 4 is 17.2 Å². The Balaban J connectivity index is 1.39. The first-order chi connectivity index (χ1) is 13.7. The van der Waals surface area contributed by atoms with E-state index < -0.39 is 0 Å². The lowest BCUT2D eigenvalue weighted by atomic mass is 9.75. The molecule has 1 aromatic heterocycles. The minimum Gasteiger partial charge on any atom is -0.454 e. The second-order valence-corrected chi connectivity index (χ2v) is 9.38. The number of fused-ring (bicyclic) bond motifs is 3. The summed E-state index contributed by atoms with van der Waals surface area (Å²) < 4.78 is 11.1. The number of nitrogens with zero attached hydrogens (tertiary/aromatic N) is 2. The maximum absolute atomic E-state index is 13.5. The van der Waals surface area contributed by atoms with Crippen molar-refractivity contribution in [3.8, 4) is 11.5 Å². The smallest absolute Gasteiger partial charge is 0.264 e. The number of benzene rings is 1. The van der Waals surface area contributed by atoms with Crippen LogP contribution in [-0.2, 0) is 0 Å². The molecule has 146 valence electrons. The average molecular weight is 397 g/mol. The Hall–Kier alpha value is -2.05. The second-order valence-electron chi connectivity index (χ2n) is 8.46. The standard InChI is InChI=1S/C22H24N2O3S/c1-13-6-9-28-21(13)22(25)24-11-16(15-2-3-17-18(10-15)27-12-26-17)20-19(24)14-4-7-23(20)8-5-14/h2-3,6,9-10,14,16,19-20H,4-5,7-8,11-12H2,1H3/t16-,19+,20+/m1/s1. The second kappa shape index (κ2) is 6.22. The van der Waals surface area contributed by atoms with Crippen LogP contribution in [0.5, 0.6) is 11.5 Å². The summed E-state index contributed by atoms with van der Waals surface area (Å²) in [6.45, 7) is 5.45. The quantitative estimate of drug-likeness (QED) is 0.779. The monoisotopic (exact) mass is 396 g/mol. The van der Waals surface area contributed by atoms with Crippen molar-refractivity contribution in [1.29, 1.82) is 0 Å². The lowest BCUT2D eigenvalue weighted by Crippen LogP contribution is -2.60. The normalized spacial score (nSPS) is 32.6. The number of hydrogen-bond donors (Lipinski definition) is 0. The molecule has 7 rings (SSSR count). The van der Waals surface area contributed by atoms with Gasteiger partial charge in [0.1, 0.15) is 0 Å². The van der Waals surface area contributed by atoms with Gasteiger partial charge in [0, 0.05) is 18.5 Å². The molecule has 0 unspecified atom stereocenters. The van der Waals surface area contributed by atoms with E-state index in [1.165, 1.54) is 18.4 Å². The summed E-state index contributed by atoms with van der Waals surface area (Å²) >= 11 is 1.58. The van der Waals surface area contributed by atoms with Crippen LogP contribution in [-0.4, -0.2) is 54.2 Å². The predicted molar refractivity (Wildman–Crippen MR) is 107 cm³/mol. The number of rotatable bonds is 2. The number of piperidine rings is 3. The fraction of sp³-hybridized carbons (Fsp3) is 0.500. The molecule has 0 radical (unpaired) electrons. The Labute approximate surface area is 168 Å². The van der Waals surface area contributed by atoms with Crippen LogP contribution in [0.15, 0.2) is 29.6 Å². The van der Waals surface area contributed by atoms with E-state index in [9.17, 15) is 4.79 Å². The zero-order valence-corrected chi connectivity index (χ0v) is 16.8. The van der Waals surface area contributed by atoms with Crippen LogP contribution in [0.4, 0.5) is 0 Å². The van der Waals surface area contributed by atoms with E-state index in [1.54, 1.807) is 11.3 Å². The lowest BCUT2D eigenvalue weighted by Gasteiger charge is -2.51. The van der Waals surface area contributed by atoms with Crippen LogP contribution in [0.25, 0.3) is 0 Å².